The minimum absolute atomic E-state index is 0.652. The molecule has 1 rings (SSSR count). The normalized spacial score (nSPS) is 19.9. The van der Waals surface area contributed by atoms with Gasteiger partial charge in [-0.1, -0.05) is 6.08 Å². The molecule has 11 heavy (non-hydrogen) atoms. The standard InChI is InChI=1S/C8H15NOS/c9-6-3-7-11(10)8-4-1-2-5-8/h4H,1-3,5-7,9H2. The molecule has 3 heteroatoms. The van der Waals surface area contributed by atoms with E-state index in [1.54, 1.807) is 0 Å². The number of hydrogen-bond donors (Lipinski definition) is 1. The van der Waals surface area contributed by atoms with E-state index in [0.717, 1.165) is 29.9 Å². The summed E-state index contributed by atoms with van der Waals surface area (Å²) in [5.74, 6) is 0.752. The van der Waals surface area contributed by atoms with E-state index in [2.05, 4.69) is 6.08 Å². The van der Waals surface area contributed by atoms with Crippen LogP contribution in [0.2, 0.25) is 0 Å². The van der Waals surface area contributed by atoms with Gasteiger partial charge in [0.05, 0.1) is 0 Å². The monoisotopic (exact) mass is 173 g/mol. The van der Waals surface area contributed by atoms with Gasteiger partial charge in [0, 0.05) is 21.5 Å². The largest absolute Gasteiger partial charge is 0.330 e. The molecule has 1 aliphatic rings. The third-order valence-electron chi connectivity index (χ3n) is 1.83. The Morgan fingerprint density at radius 3 is 3.00 bits per heavy atom. The first-order chi connectivity index (χ1) is 5.34. The van der Waals surface area contributed by atoms with E-state index in [4.69, 9.17) is 5.73 Å². The first-order valence-electron chi connectivity index (χ1n) is 4.12. The highest BCUT2D eigenvalue weighted by atomic mass is 32.2. The average Bonchev–Trinajstić information content (AvgIpc) is 2.52. The van der Waals surface area contributed by atoms with Crippen molar-refractivity contribution in [3.8, 4) is 0 Å². The minimum atomic E-state index is -0.714. The summed E-state index contributed by atoms with van der Waals surface area (Å²) in [6.07, 6.45) is 6.33. The number of hydrogen-bond acceptors (Lipinski definition) is 2. The van der Waals surface area contributed by atoms with Crippen LogP contribution in [0.3, 0.4) is 0 Å². The summed E-state index contributed by atoms with van der Waals surface area (Å²) < 4.78 is 11.4. The zero-order valence-electron chi connectivity index (χ0n) is 6.71. The van der Waals surface area contributed by atoms with Gasteiger partial charge in [-0.25, -0.2) is 0 Å². The van der Waals surface area contributed by atoms with Crippen LogP contribution in [-0.2, 0) is 10.8 Å². The van der Waals surface area contributed by atoms with E-state index in [0.29, 0.717) is 6.54 Å². The lowest BCUT2D eigenvalue weighted by atomic mass is 10.4. The van der Waals surface area contributed by atoms with Crippen molar-refractivity contribution in [3.63, 3.8) is 0 Å². The van der Waals surface area contributed by atoms with Gasteiger partial charge in [-0.05, 0) is 32.2 Å². The van der Waals surface area contributed by atoms with Crippen molar-refractivity contribution in [2.24, 2.45) is 5.73 Å². The van der Waals surface area contributed by atoms with Gasteiger partial charge in [-0.3, -0.25) is 4.21 Å². The van der Waals surface area contributed by atoms with Crippen LogP contribution in [0.15, 0.2) is 11.0 Å². The van der Waals surface area contributed by atoms with Crippen LogP contribution in [0.25, 0.3) is 0 Å². The van der Waals surface area contributed by atoms with Crippen molar-refractivity contribution in [3.05, 3.63) is 11.0 Å². The highest BCUT2D eigenvalue weighted by Crippen LogP contribution is 2.20. The first-order valence-corrected chi connectivity index (χ1v) is 5.44. The molecule has 1 unspecified atom stereocenters. The second kappa shape index (κ2) is 4.67. The van der Waals surface area contributed by atoms with Crippen LogP contribution in [-0.4, -0.2) is 16.5 Å². The molecule has 0 aromatic heterocycles. The molecule has 64 valence electrons. The zero-order valence-corrected chi connectivity index (χ0v) is 7.53. The van der Waals surface area contributed by atoms with E-state index in [1.165, 1.54) is 6.42 Å². The van der Waals surface area contributed by atoms with Crippen molar-refractivity contribution in [2.75, 3.05) is 12.3 Å². The third-order valence-corrected chi connectivity index (χ3v) is 3.44. The van der Waals surface area contributed by atoms with Crippen LogP contribution in [0.1, 0.15) is 25.7 Å². The molecule has 0 saturated carbocycles. The predicted octanol–water partition coefficient (Wildman–Crippen LogP) is 1.15. The average molecular weight is 173 g/mol. The van der Waals surface area contributed by atoms with Crippen molar-refractivity contribution in [1.82, 2.24) is 0 Å². The molecule has 0 aliphatic heterocycles. The van der Waals surface area contributed by atoms with E-state index in [-0.39, 0.29) is 0 Å². The van der Waals surface area contributed by atoms with Gasteiger partial charge in [0.1, 0.15) is 0 Å². The Balaban J connectivity index is 2.29. The van der Waals surface area contributed by atoms with Crippen LogP contribution in [0.5, 0.6) is 0 Å². The minimum Gasteiger partial charge on any atom is -0.330 e. The number of rotatable bonds is 4. The van der Waals surface area contributed by atoms with Crippen molar-refractivity contribution in [1.29, 1.82) is 0 Å². The molecule has 0 aromatic rings. The number of nitrogens with two attached hydrogens (primary N) is 1. The van der Waals surface area contributed by atoms with Gasteiger partial charge >= 0.3 is 0 Å². The lowest BCUT2D eigenvalue weighted by molar-refractivity contribution is 0.683. The molecule has 0 spiro atoms. The maximum absolute atomic E-state index is 11.4. The molecule has 0 heterocycles. The summed E-state index contributed by atoms with van der Waals surface area (Å²) in [6.45, 7) is 0.652. The predicted molar refractivity (Wildman–Crippen MR) is 48.6 cm³/mol. The quantitative estimate of drug-likeness (QED) is 0.693. The van der Waals surface area contributed by atoms with Gasteiger partial charge in [0.15, 0.2) is 0 Å². The smallest absolute Gasteiger partial charge is 0.0485 e. The van der Waals surface area contributed by atoms with Crippen LogP contribution >= 0.6 is 0 Å². The summed E-state index contributed by atoms with van der Waals surface area (Å²) >= 11 is 0. The Morgan fingerprint density at radius 2 is 2.45 bits per heavy atom. The Morgan fingerprint density at radius 1 is 1.64 bits per heavy atom. The molecule has 2 N–H and O–H groups in total. The maximum atomic E-state index is 11.4. The van der Waals surface area contributed by atoms with Crippen molar-refractivity contribution >= 4 is 10.8 Å². The Bertz CT molecular complexity index is 177. The molecule has 0 fully saturated rings. The molecule has 0 bridgehead atoms. The maximum Gasteiger partial charge on any atom is 0.0485 e. The van der Waals surface area contributed by atoms with Crippen LogP contribution in [0.4, 0.5) is 0 Å². The fourth-order valence-electron chi connectivity index (χ4n) is 1.19. The zero-order chi connectivity index (χ0) is 8.10. The van der Waals surface area contributed by atoms with Gasteiger partial charge in [0.25, 0.3) is 0 Å². The summed E-state index contributed by atoms with van der Waals surface area (Å²) in [4.78, 5) is 1.15. The first kappa shape index (κ1) is 8.94. The summed E-state index contributed by atoms with van der Waals surface area (Å²) in [5, 5.41) is 0. The Hall–Kier alpha value is -0.150. The molecular formula is C8H15NOS. The topological polar surface area (TPSA) is 43.1 Å². The van der Waals surface area contributed by atoms with Gasteiger partial charge in [-0.15, -0.1) is 0 Å². The molecule has 1 atom stereocenters. The molecule has 0 saturated heterocycles. The Labute approximate surface area is 70.3 Å². The second-order valence-corrected chi connectivity index (χ2v) is 4.38. The summed E-state index contributed by atoms with van der Waals surface area (Å²) in [5.41, 5.74) is 5.32. The summed E-state index contributed by atoms with van der Waals surface area (Å²) in [6, 6.07) is 0. The molecule has 0 aromatic carbocycles. The molecular weight excluding hydrogens is 158 g/mol. The van der Waals surface area contributed by atoms with Gasteiger partial charge in [-0.2, -0.15) is 0 Å². The lowest BCUT2D eigenvalue weighted by Gasteiger charge is -1.99. The third kappa shape index (κ3) is 2.75. The second-order valence-electron chi connectivity index (χ2n) is 2.75. The Kier molecular flexibility index (Phi) is 3.80. The van der Waals surface area contributed by atoms with Crippen LogP contribution < -0.4 is 5.73 Å². The van der Waals surface area contributed by atoms with Gasteiger partial charge in [0.2, 0.25) is 0 Å². The van der Waals surface area contributed by atoms with Gasteiger partial charge < -0.3 is 5.73 Å². The lowest BCUT2D eigenvalue weighted by Crippen LogP contribution is -2.06. The SMILES string of the molecule is NCCCS(=O)C1=CCCC1. The van der Waals surface area contributed by atoms with Crippen LogP contribution in [0, 0.1) is 0 Å². The van der Waals surface area contributed by atoms with E-state index in [9.17, 15) is 4.21 Å². The van der Waals surface area contributed by atoms with Crippen molar-refractivity contribution < 1.29 is 4.21 Å². The summed E-state index contributed by atoms with van der Waals surface area (Å²) in [7, 11) is -0.714. The number of allylic oxidation sites excluding steroid dienone is 2. The molecule has 1 aliphatic carbocycles. The fraction of sp³-hybridized carbons (Fsp3) is 0.750. The molecule has 0 amide bonds. The molecule has 2 nitrogen and oxygen atoms in total. The highest BCUT2D eigenvalue weighted by molar-refractivity contribution is 7.88. The highest BCUT2D eigenvalue weighted by Gasteiger charge is 2.10. The van der Waals surface area contributed by atoms with E-state index < -0.39 is 10.8 Å². The fourth-order valence-corrected chi connectivity index (χ4v) is 2.56. The van der Waals surface area contributed by atoms with E-state index in [1.807, 2.05) is 0 Å². The van der Waals surface area contributed by atoms with Crippen molar-refractivity contribution in [2.45, 2.75) is 25.7 Å². The molecule has 0 radical (unpaired) electrons. The van der Waals surface area contributed by atoms with E-state index >= 15 is 0 Å².